The van der Waals surface area contributed by atoms with Gasteiger partial charge in [-0.05, 0) is 42.8 Å². The maximum atomic E-state index is 12.7. The molecule has 28 heavy (non-hydrogen) atoms. The largest absolute Gasteiger partial charge is 0.358 e. The van der Waals surface area contributed by atoms with Crippen LogP contribution < -0.4 is 15.7 Å². The molecule has 0 aliphatic rings. The number of nitrogens with one attached hydrogen (secondary N) is 3. The van der Waals surface area contributed by atoms with Crippen molar-refractivity contribution < 1.29 is 8.42 Å². The lowest BCUT2D eigenvalue weighted by atomic mass is 10.1. The Morgan fingerprint density at radius 1 is 1.00 bits per heavy atom. The lowest BCUT2D eigenvalue weighted by Crippen LogP contribution is -2.14. The summed E-state index contributed by atoms with van der Waals surface area (Å²) in [4.78, 5) is 33.3. The van der Waals surface area contributed by atoms with Crippen molar-refractivity contribution >= 4 is 37.6 Å². The molecule has 0 aliphatic carbocycles. The number of anilines is 1. The van der Waals surface area contributed by atoms with Crippen LogP contribution in [0.5, 0.6) is 0 Å². The molecule has 0 saturated heterocycles. The third kappa shape index (κ3) is 3.27. The van der Waals surface area contributed by atoms with Crippen LogP contribution in [-0.4, -0.2) is 23.4 Å². The summed E-state index contributed by atoms with van der Waals surface area (Å²) >= 11 is 0. The van der Waals surface area contributed by atoms with E-state index in [2.05, 4.69) is 19.7 Å². The SMILES string of the molecule is CCc1cc(=O)c2cc(NS(=O)(=O)c3ccc4[nH]c(=O)cnc4c3)ccc2[nH]1. The Kier molecular flexibility index (Phi) is 4.23. The van der Waals surface area contributed by atoms with E-state index >= 15 is 0 Å². The third-order valence-electron chi connectivity index (χ3n) is 4.38. The summed E-state index contributed by atoms with van der Waals surface area (Å²) < 4.78 is 28.0. The number of aryl methyl sites for hydroxylation is 1. The van der Waals surface area contributed by atoms with E-state index in [-0.39, 0.29) is 21.6 Å². The molecule has 4 aromatic rings. The quantitative estimate of drug-likeness (QED) is 0.487. The summed E-state index contributed by atoms with van der Waals surface area (Å²) in [6.07, 6.45) is 1.78. The average molecular weight is 396 g/mol. The van der Waals surface area contributed by atoms with Crippen molar-refractivity contribution in [1.82, 2.24) is 15.0 Å². The molecule has 2 aromatic carbocycles. The van der Waals surface area contributed by atoms with Crippen LogP contribution in [0.15, 0.2) is 63.1 Å². The van der Waals surface area contributed by atoms with Gasteiger partial charge in [-0.25, -0.2) is 13.4 Å². The highest BCUT2D eigenvalue weighted by atomic mass is 32.2. The van der Waals surface area contributed by atoms with Crippen molar-refractivity contribution in [2.75, 3.05) is 4.72 Å². The molecule has 2 heterocycles. The van der Waals surface area contributed by atoms with Crippen molar-refractivity contribution in [1.29, 1.82) is 0 Å². The van der Waals surface area contributed by atoms with Gasteiger partial charge in [-0.2, -0.15) is 0 Å². The number of rotatable bonds is 4. The molecule has 0 spiro atoms. The molecule has 4 rings (SSSR count). The molecule has 0 amide bonds. The van der Waals surface area contributed by atoms with Crippen molar-refractivity contribution in [2.45, 2.75) is 18.2 Å². The minimum atomic E-state index is -3.90. The Hall–Kier alpha value is -3.46. The van der Waals surface area contributed by atoms with Gasteiger partial charge in [0.25, 0.3) is 15.6 Å². The number of H-pyrrole nitrogens is 2. The Morgan fingerprint density at radius 2 is 1.79 bits per heavy atom. The summed E-state index contributed by atoms with van der Waals surface area (Å²) in [5.74, 6) is 0. The van der Waals surface area contributed by atoms with E-state index in [4.69, 9.17) is 0 Å². The topological polar surface area (TPSA) is 125 Å². The second-order valence-electron chi connectivity index (χ2n) is 6.30. The lowest BCUT2D eigenvalue weighted by molar-refractivity contribution is 0.601. The minimum absolute atomic E-state index is 0.00473. The Morgan fingerprint density at radius 3 is 2.57 bits per heavy atom. The van der Waals surface area contributed by atoms with Crippen molar-refractivity contribution in [2.24, 2.45) is 0 Å². The van der Waals surface area contributed by atoms with Crippen LogP contribution in [0, 0.1) is 0 Å². The fourth-order valence-electron chi connectivity index (χ4n) is 2.95. The molecule has 0 fully saturated rings. The van der Waals surface area contributed by atoms with E-state index in [0.717, 1.165) is 11.9 Å². The van der Waals surface area contributed by atoms with Crippen LogP contribution >= 0.6 is 0 Å². The number of hydrogen-bond donors (Lipinski definition) is 3. The fourth-order valence-corrected chi connectivity index (χ4v) is 4.02. The van der Waals surface area contributed by atoms with Gasteiger partial charge in [0.2, 0.25) is 0 Å². The highest BCUT2D eigenvalue weighted by Crippen LogP contribution is 2.21. The number of sulfonamides is 1. The minimum Gasteiger partial charge on any atom is -0.358 e. The molecule has 9 heteroatoms. The monoisotopic (exact) mass is 396 g/mol. The predicted octanol–water partition coefficient (Wildman–Crippen LogP) is 2.13. The van der Waals surface area contributed by atoms with E-state index in [0.29, 0.717) is 28.4 Å². The Labute approximate surface area is 159 Å². The fraction of sp³-hybridized carbons (Fsp3) is 0.105. The molecule has 0 aliphatic heterocycles. The number of benzene rings is 2. The summed E-state index contributed by atoms with van der Waals surface area (Å²) in [7, 11) is -3.90. The van der Waals surface area contributed by atoms with Crippen LogP contribution in [0.1, 0.15) is 12.6 Å². The van der Waals surface area contributed by atoms with Gasteiger partial charge in [0.15, 0.2) is 5.43 Å². The van der Waals surface area contributed by atoms with Crippen molar-refractivity contribution in [3.63, 3.8) is 0 Å². The number of fused-ring (bicyclic) bond motifs is 2. The smallest absolute Gasteiger partial charge is 0.266 e. The second kappa shape index (κ2) is 6.61. The maximum absolute atomic E-state index is 12.7. The van der Waals surface area contributed by atoms with Crippen LogP contribution in [0.2, 0.25) is 0 Å². The number of pyridine rings is 1. The zero-order valence-corrected chi connectivity index (χ0v) is 15.6. The van der Waals surface area contributed by atoms with Gasteiger partial charge < -0.3 is 9.97 Å². The number of nitrogens with zero attached hydrogens (tertiary/aromatic N) is 1. The first-order valence-electron chi connectivity index (χ1n) is 8.53. The van der Waals surface area contributed by atoms with Crippen LogP contribution in [0.3, 0.4) is 0 Å². The van der Waals surface area contributed by atoms with Gasteiger partial charge in [0.1, 0.15) is 0 Å². The van der Waals surface area contributed by atoms with E-state index in [9.17, 15) is 18.0 Å². The normalized spacial score (nSPS) is 11.8. The highest BCUT2D eigenvalue weighted by Gasteiger charge is 2.16. The molecule has 0 saturated carbocycles. The first kappa shape index (κ1) is 17.9. The summed E-state index contributed by atoms with van der Waals surface area (Å²) in [6, 6.07) is 10.5. The number of aromatic nitrogens is 3. The predicted molar refractivity (Wildman–Crippen MR) is 107 cm³/mol. The van der Waals surface area contributed by atoms with E-state index < -0.39 is 10.0 Å². The van der Waals surface area contributed by atoms with Gasteiger partial charge in [0, 0.05) is 28.4 Å². The summed E-state index contributed by atoms with van der Waals surface area (Å²) in [5.41, 5.74) is 1.98. The van der Waals surface area contributed by atoms with Gasteiger partial charge >= 0.3 is 0 Å². The molecule has 8 nitrogen and oxygen atoms in total. The molecule has 0 unspecified atom stereocenters. The molecule has 0 bridgehead atoms. The average Bonchev–Trinajstić information content (AvgIpc) is 2.67. The van der Waals surface area contributed by atoms with Crippen LogP contribution in [-0.2, 0) is 16.4 Å². The molecule has 142 valence electrons. The molecule has 2 aromatic heterocycles. The third-order valence-corrected chi connectivity index (χ3v) is 5.76. The molecule has 3 N–H and O–H groups in total. The zero-order chi connectivity index (χ0) is 19.9. The van der Waals surface area contributed by atoms with Gasteiger partial charge in [0.05, 0.1) is 22.1 Å². The van der Waals surface area contributed by atoms with Gasteiger partial charge in [-0.1, -0.05) is 6.92 Å². The van der Waals surface area contributed by atoms with E-state index in [1.807, 2.05) is 6.92 Å². The van der Waals surface area contributed by atoms with Crippen molar-refractivity contribution in [3.05, 3.63) is 74.9 Å². The van der Waals surface area contributed by atoms with Crippen LogP contribution in [0.4, 0.5) is 5.69 Å². The zero-order valence-electron chi connectivity index (χ0n) is 14.8. The second-order valence-corrected chi connectivity index (χ2v) is 7.99. The van der Waals surface area contributed by atoms with Crippen LogP contribution in [0.25, 0.3) is 21.9 Å². The molecule has 0 atom stereocenters. The first-order chi connectivity index (χ1) is 13.4. The summed E-state index contributed by atoms with van der Waals surface area (Å²) in [5, 5.41) is 0.398. The highest BCUT2D eigenvalue weighted by molar-refractivity contribution is 7.92. The number of hydrogen-bond acceptors (Lipinski definition) is 5. The summed E-state index contributed by atoms with van der Waals surface area (Å²) in [6.45, 7) is 1.94. The van der Waals surface area contributed by atoms with Crippen molar-refractivity contribution in [3.8, 4) is 0 Å². The maximum Gasteiger partial charge on any atom is 0.266 e. The van der Waals surface area contributed by atoms with Gasteiger partial charge in [-0.3, -0.25) is 14.3 Å². The van der Waals surface area contributed by atoms with E-state index in [1.165, 1.54) is 30.3 Å². The standard InChI is InChI=1S/C19H16N4O4S/c1-2-11-8-18(24)14-7-12(3-5-15(14)21-11)23-28(26,27)13-4-6-16-17(9-13)20-10-19(25)22-16/h3-10,23H,2H2,1H3,(H,21,24)(H,22,25). The Balaban J connectivity index is 1.73. The number of aromatic amines is 2. The van der Waals surface area contributed by atoms with Gasteiger partial charge in [-0.15, -0.1) is 0 Å². The first-order valence-corrected chi connectivity index (χ1v) is 10.0. The molecular weight excluding hydrogens is 380 g/mol. The Bertz CT molecular complexity index is 1440. The van der Waals surface area contributed by atoms with E-state index in [1.54, 1.807) is 12.1 Å². The molecular formula is C19H16N4O4S. The lowest BCUT2D eigenvalue weighted by Gasteiger charge is -2.10. The molecule has 0 radical (unpaired) electrons.